The third-order valence-electron chi connectivity index (χ3n) is 1.49. The van der Waals surface area contributed by atoms with Gasteiger partial charge in [0, 0.05) is 6.54 Å². The Balaban J connectivity index is 3.24. The van der Waals surface area contributed by atoms with Gasteiger partial charge in [-0.05, 0) is 24.1 Å². The Kier molecular flexibility index (Phi) is 2.37. The van der Waals surface area contributed by atoms with E-state index in [1.807, 2.05) is 13.0 Å². The smallest absolute Gasteiger partial charge is 0.134 e. The topological polar surface area (TPSA) is 46.2 Å². The second-order valence-corrected chi connectivity index (χ2v) is 2.84. The fourth-order valence-corrected chi connectivity index (χ4v) is 1.16. The van der Waals surface area contributed by atoms with Crippen LogP contribution in [-0.4, -0.2) is 5.11 Å². The van der Waals surface area contributed by atoms with Crippen LogP contribution in [0.5, 0.6) is 5.75 Å². The Morgan fingerprint density at radius 2 is 2.18 bits per heavy atom. The summed E-state index contributed by atoms with van der Waals surface area (Å²) in [4.78, 5) is 0. The molecule has 0 fully saturated rings. The van der Waals surface area contributed by atoms with E-state index >= 15 is 0 Å². The fraction of sp³-hybridized carbons (Fsp3) is 0.250. The van der Waals surface area contributed by atoms with Gasteiger partial charge in [-0.1, -0.05) is 17.7 Å². The second-order valence-electron chi connectivity index (χ2n) is 2.46. The Bertz CT molecular complexity index is 273. The average Bonchev–Trinajstić information content (AvgIpc) is 1.96. The van der Waals surface area contributed by atoms with Gasteiger partial charge >= 0.3 is 0 Å². The molecule has 0 bridgehead atoms. The summed E-state index contributed by atoms with van der Waals surface area (Å²) in [5, 5.41) is 9.58. The van der Waals surface area contributed by atoms with Crippen molar-refractivity contribution in [3.63, 3.8) is 0 Å². The number of halogens is 1. The SMILES string of the molecule is Cc1cc(O)c(Cl)c(CN)c1. The Morgan fingerprint density at radius 1 is 1.55 bits per heavy atom. The van der Waals surface area contributed by atoms with E-state index in [0.717, 1.165) is 11.1 Å². The minimum Gasteiger partial charge on any atom is -0.506 e. The number of nitrogens with two attached hydrogens (primary N) is 1. The molecule has 0 aliphatic rings. The molecule has 3 N–H and O–H groups in total. The zero-order chi connectivity index (χ0) is 8.43. The van der Waals surface area contributed by atoms with Gasteiger partial charge in [0.05, 0.1) is 5.02 Å². The number of hydrogen-bond donors (Lipinski definition) is 2. The van der Waals surface area contributed by atoms with Gasteiger partial charge < -0.3 is 10.8 Å². The van der Waals surface area contributed by atoms with Crippen molar-refractivity contribution in [2.75, 3.05) is 0 Å². The Morgan fingerprint density at radius 3 is 2.73 bits per heavy atom. The van der Waals surface area contributed by atoms with Gasteiger partial charge in [-0.15, -0.1) is 0 Å². The Hall–Kier alpha value is -0.730. The van der Waals surface area contributed by atoms with Crippen LogP contribution in [0.4, 0.5) is 0 Å². The van der Waals surface area contributed by atoms with E-state index < -0.39 is 0 Å². The molecule has 0 radical (unpaired) electrons. The molecule has 0 spiro atoms. The van der Waals surface area contributed by atoms with Crippen molar-refractivity contribution >= 4 is 11.6 Å². The van der Waals surface area contributed by atoms with E-state index in [0.29, 0.717) is 11.6 Å². The minimum atomic E-state index is 0.104. The monoisotopic (exact) mass is 171 g/mol. The first kappa shape index (κ1) is 8.37. The zero-order valence-corrected chi connectivity index (χ0v) is 7.02. The van der Waals surface area contributed by atoms with Crippen molar-refractivity contribution in [1.82, 2.24) is 0 Å². The van der Waals surface area contributed by atoms with E-state index in [4.69, 9.17) is 17.3 Å². The first-order chi connectivity index (χ1) is 5.15. The van der Waals surface area contributed by atoms with Crippen LogP contribution in [0.25, 0.3) is 0 Å². The molecule has 0 aliphatic carbocycles. The maximum Gasteiger partial charge on any atom is 0.134 e. The molecule has 11 heavy (non-hydrogen) atoms. The number of benzene rings is 1. The standard InChI is InChI=1S/C8H10ClNO/c1-5-2-6(4-10)8(9)7(11)3-5/h2-3,11H,4,10H2,1H3. The highest BCUT2D eigenvalue weighted by Gasteiger charge is 2.03. The summed E-state index contributed by atoms with van der Waals surface area (Å²) >= 11 is 5.74. The molecule has 1 rings (SSSR count). The first-order valence-electron chi connectivity index (χ1n) is 3.33. The van der Waals surface area contributed by atoms with Crippen LogP contribution in [0.1, 0.15) is 11.1 Å². The maximum absolute atomic E-state index is 9.22. The van der Waals surface area contributed by atoms with Gasteiger partial charge in [-0.25, -0.2) is 0 Å². The van der Waals surface area contributed by atoms with E-state index in [1.54, 1.807) is 6.07 Å². The van der Waals surface area contributed by atoms with E-state index in [9.17, 15) is 5.11 Å². The van der Waals surface area contributed by atoms with Crippen molar-refractivity contribution in [2.45, 2.75) is 13.5 Å². The molecule has 0 saturated heterocycles. The summed E-state index contributed by atoms with van der Waals surface area (Å²) in [6, 6.07) is 3.48. The fourth-order valence-electron chi connectivity index (χ4n) is 0.972. The number of aryl methyl sites for hydroxylation is 1. The van der Waals surface area contributed by atoms with Gasteiger partial charge in [0.15, 0.2) is 0 Å². The van der Waals surface area contributed by atoms with Crippen LogP contribution in [0, 0.1) is 6.92 Å². The highest BCUT2D eigenvalue weighted by molar-refractivity contribution is 6.32. The summed E-state index contributed by atoms with van der Waals surface area (Å²) in [7, 11) is 0. The minimum absolute atomic E-state index is 0.104. The predicted octanol–water partition coefficient (Wildman–Crippen LogP) is 1.81. The lowest BCUT2D eigenvalue weighted by Gasteiger charge is -2.04. The lowest BCUT2D eigenvalue weighted by molar-refractivity contribution is 0.474. The third-order valence-corrected chi connectivity index (χ3v) is 1.93. The second kappa shape index (κ2) is 3.11. The molecule has 3 heteroatoms. The molecule has 0 heterocycles. The third kappa shape index (κ3) is 1.64. The van der Waals surface area contributed by atoms with Gasteiger partial charge in [0.1, 0.15) is 5.75 Å². The molecule has 0 aliphatic heterocycles. The number of phenolic OH excluding ortho intramolecular Hbond substituents is 1. The molecular weight excluding hydrogens is 162 g/mol. The van der Waals surface area contributed by atoms with E-state index in [1.165, 1.54) is 0 Å². The van der Waals surface area contributed by atoms with Gasteiger partial charge in [-0.3, -0.25) is 0 Å². The van der Waals surface area contributed by atoms with Crippen LogP contribution in [0.2, 0.25) is 5.02 Å². The number of aromatic hydroxyl groups is 1. The molecule has 60 valence electrons. The van der Waals surface area contributed by atoms with Gasteiger partial charge in [0.2, 0.25) is 0 Å². The lowest BCUT2D eigenvalue weighted by atomic mass is 10.1. The van der Waals surface area contributed by atoms with Crippen LogP contribution in [-0.2, 0) is 6.54 Å². The molecule has 0 amide bonds. The lowest BCUT2D eigenvalue weighted by Crippen LogP contribution is -1.97. The predicted molar refractivity (Wildman–Crippen MR) is 45.7 cm³/mol. The van der Waals surface area contributed by atoms with Gasteiger partial charge in [0.25, 0.3) is 0 Å². The van der Waals surface area contributed by atoms with Crippen molar-refractivity contribution in [1.29, 1.82) is 0 Å². The number of rotatable bonds is 1. The van der Waals surface area contributed by atoms with E-state index in [-0.39, 0.29) is 5.75 Å². The quantitative estimate of drug-likeness (QED) is 0.677. The molecular formula is C8H10ClNO. The summed E-state index contributed by atoms with van der Waals surface area (Å²) in [6.45, 7) is 2.24. The van der Waals surface area contributed by atoms with Crippen LogP contribution >= 0.6 is 11.6 Å². The highest BCUT2D eigenvalue weighted by atomic mass is 35.5. The molecule has 2 nitrogen and oxygen atoms in total. The number of hydrogen-bond acceptors (Lipinski definition) is 2. The van der Waals surface area contributed by atoms with Crippen LogP contribution in [0.15, 0.2) is 12.1 Å². The first-order valence-corrected chi connectivity index (χ1v) is 3.71. The van der Waals surface area contributed by atoms with Crippen LogP contribution in [0.3, 0.4) is 0 Å². The molecule has 1 aromatic rings. The normalized spacial score (nSPS) is 10.1. The highest BCUT2D eigenvalue weighted by Crippen LogP contribution is 2.27. The summed E-state index contributed by atoms with van der Waals surface area (Å²) < 4.78 is 0. The maximum atomic E-state index is 9.22. The van der Waals surface area contributed by atoms with Crippen LogP contribution < -0.4 is 5.73 Å². The average molecular weight is 172 g/mol. The molecule has 1 aromatic carbocycles. The summed E-state index contributed by atoms with van der Waals surface area (Å²) in [5.41, 5.74) is 7.14. The summed E-state index contributed by atoms with van der Waals surface area (Å²) in [6.07, 6.45) is 0. The van der Waals surface area contributed by atoms with E-state index in [2.05, 4.69) is 0 Å². The largest absolute Gasteiger partial charge is 0.506 e. The molecule has 0 aromatic heterocycles. The molecule has 0 atom stereocenters. The Labute approximate surface area is 70.6 Å². The summed E-state index contributed by atoms with van der Waals surface area (Å²) in [5.74, 6) is 0.104. The van der Waals surface area contributed by atoms with Crippen molar-refractivity contribution < 1.29 is 5.11 Å². The van der Waals surface area contributed by atoms with Gasteiger partial charge in [-0.2, -0.15) is 0 Å². The van der Waals surface area contributed by atoms with Crippen molar-refractivity contribution in [3.8, 4) is 5.75 Å². The van der Waals surface area contributed by atoms with Crippen molar-refractivity contribution in [2.24, 2.45) is 5.73 Å². The molecule has 0 saturated carbocycles. The zero-order valence-electron chi connectivity index (χ0n) is 6.26. The number of phenols is 1. The molecule has 0 unspecified atom stereocenters. The van der Waals surface area contributed by atoms with Crippen molar-refractivity contribution in [3.05, 3.63) is 28.3 Å².